The summed E-state index contributed by atoms with van der Waals surface area (Å²) in [5.41, 5.74) is 1.61. The molecule has 0 saturated heterocycles. The lowest BCUT2D eigenvalue weighted by Crippen LogP contribution is -2.26. The molecule has 2 rings (SSSR count). The van der Waals surface area contributed by atoms with Crippen molar-refractivity contribution in [3.05, 3.63) is 57.8 Å². The average Bonchev–Trinajstić information content (AvgIpc) is 2.89. The van der Waals surface area contributed by atoms with Gasteiger partial charge >= 0.3 is 0 Å². The molecule has 1 heterocycles. The summed E-state index contributed by atoms with van der Waals surface area (Å²) in [6.07, 6.45) is 3.78. The number of hydrogen-bond acceptors (Lipinski definition) is 3. The predicted octanol–water partition coefficient (Wildman–Crippen LogP) is 3.87. The lowest BCUT2D eigenvalue weighted by atomic mass is 10.2. The topological polar surface area (TPSA) is 42.0 Å². The number of aryl methyl sites for hydroxylation is 1. The minimum atomic E-state index is -0.317. The first-order valence-corrected chi connectivity index (χ1v) is 7.62. The molecule has 0 aliphatic carbocycles. The van der Waals surface area contributed by atoms with Gasteiger partial charge in [-0.15, -0.1) is 11.3 Å². The molecule has 1 aromatic heterocycles. The second-order valence-electron chi connectivity index (χ2n) is 4.68. The number of carbonyl (C=O) groups excluding carboxylic acids is 1. The van der Waals surface area contributed by atoms with Gasteiger partial charge in [0.2, 0.25) is 5.91 Å². The molecular formula is C16H17FN2OS. The quantitative estimate of drug-likeness (QED) is 0.852. The molecule has 0 saturated carbocycles. The number of hydrogen-bond donors (Lipinski definition) is 1. The van der Waals surface area contributed by atoms with Gasteiger partial charge in [-0.05, 0) is 37.1 Å². The third-order valence-corrected chi connectivity index (χ3v) is 4.01. The van der Waals surface area contributed by atoms with Crippen LogP contribution in [0.3, 0.4) is 0 Å². The van der Waals surface area contributed by atoms with Gasteiger partial charge in [0.25, 0.3) is 0 Å². The zero-order valence-corrected chi connectivity index (χ0v) is 12.8. The van der Waals surface area contributed by atoms with Gasteiger partial charge in [-0.2, -0.15) is 0 Å². The predicted molar refractivity (Wildman–Crippen MR) is 83.5 cm³/mol. The molecule has 0 fully saturated rings. The molecule has 1 aromatic carbocycles. The minimum absolute atomic E-state index is 0.0895. The van der Waals surface area contributed by atoms with Gasteiger partial charge in [-0.3, -0.25) is 4.79 Å². The van der Waals surface area contributed by atoms with Crippen LogP contribution in [-0.4, -0.2) is 10.9 Å². The van der Waals surface area contributed by atoms with Crippen LogP contribution in [0.1, 0.15) is 35.7 Å². The Labute approximate surface area is 127 Å². The van der Waals surface area contributed by atoms with Crippen LogP contribution in [0.25, 0.3) is 6.08 Å². The van der Waals surface area contributed by atoms with Gasteiger partial charge < -0.3 is 5.32 Å². The van der Waals surface area contributed by atoms with E-state index in [-0.39, 0.29) is 17.8 Å². The Morgan fingerprint density at radius 2 is 2.33 bits per heavy atom. The monoisotopic (exact) mass is 304 g/mol. The van der Waals surface area contributed by atoms with Gasteiger partial charge in [-0.1, -0.05) is 19.1 Å². The molecule has 0 radical (unpaired) electrons. The van der Waals surface area contributed by atoms with Crippen LogP contribution in [0.2, 0.25) is 0 Å². The van der Waals surface area contributed by atoms with Crippen molar-refractivity contribution in [1.82, 2.24) is 10.3 Å². The summed E-state index contributed by atoms with van der Waals surface area (Å²) in [4.78, 5) is 16.3. The van der Waals surface area contributed by atoms with E-state index in [0.717, 1.165) is 17.1 Å². The lowest BCUT2D eigenvalue weighted by molar-refractivity contribution is -0.117. The Morgan fingerprint density at radius 1 is 1.52 bits per heavy atom. The van der Waals surface area contributed by atoms with E-state index in [0.29, 0.717) is 5.56 Å². The molecule has 0 bridgehead atoms. The third-order valence-electron chi connectivity index (χ3n) is 2.94. The number of nitrogens with one attached hydrogen (secondary N) is 1. The number of amides is 1. The van der Waals surface area contributed by atoms with Crippen molar-refractivity contribution in [3.63, 3.8) is 0 Å². The zero-order chi connectivity index (χ0) is 15.2. The SMILES string of the molecule is CCC(NC(=O)C=Cc1cccc(F)c1)c1nc(C)cs1. The number of thiazole rings is 1. The first kappa shape index (κ1) is 15.4. The average molecular weight is 304 g/mol. The molecule has 1 atom stereocenters. The van der Waals surface area contributed by atoms with E-state index in [2.05, 4.69) is 10.3 Å². The smallest absolute Gasteiger partial charge is 0.244 e. The van der Waals surface area contributed by atoms with Crippen LogP contribution in [0.15, 0.2) is 35.7 Å². The maximum absolute atomic E-state index is 13.0. The van der Waals surface area contributed by atoms with E-state index in [1.165, 1.54) is 18.2 Å². The summed E-state index contributed by atoms with van der Waals surface area (Å²) in [7, 11) is 0. The molecule has 2 aromatic rings. The molecule has 21 heavy (non-hydrogen) atoms. The van der Waals surface area contributed by atoms with E-state index in [1.54, 1.807) is 29.5 Å². The highest BCUT2D eigenvalue weighted by Gasteiger charge is 2.14. The molecule has 110 valence electrons. The van der Waals surface area contributed by atoms with Gasteiger partial charge in [-0.25, -0.2) is 9.37 Å². The summed E-state index contributed by atoms with van der Waals surface area (Å²) < 4.78 is 13.0. The number of rotatable bonds is 5. The van der Waals surface area contributed by atoms with Crippen molar-refractivity contribution < 1.29 is 9.18 Å². The van der Waals surface area contributed by atoms with Crippen molar-refractivity contribution in [1.29, 1.82) is 0 Å². The van der Waals surface area contributed by atoms with E-state index < -0.39 is 0 Å². The van der Waals surface area contributed by atoms with Crippen molar-refractivity contribution in [2.24, 2.45) is 0 Å². The number of halogens is 1. The first-order chi connectivity index (χ1) is 10.1. The zero-order valence-electron chi connectivity index (χ0n) is 12.0. The van der Waals surface area contributed by atoms with E-state index in [1.807, 2.05) is 19.2 Å². The van der Waals surface area contributed by atoms with Crippen LogP contribution in [0.4, 0.5) is 4.39 Å². The van der Waals surface area contributed by atoms with Gasteiger partial charge in [0.05, 0.1) is 6.04 Å². The Bertz CT molecular complexity index is 651. The van der Waals surface area contributed by atoms with Crippen molar-refractivity contribution in [2.45, 2.75) is 26.3 Å². The molecule has 5 heteroatoms. The standard InChI is InChI=1S/C16H17FN2OS/c1-3-14(16-18-11(2)10-21-16)19-15(20)8-7-12-5-4-6-13(17)9-12/h4-10,14H,3H2,1-2H3,(H,19,20). The Balaban J connectivity index is 2.00. The second-order valence-corrected chi connectivity index (χ2v) is 5.57. The van der Waals surface area contributed by atoms with Gasteiger partial charge in [0.1, 0.15) is 10.8 Å². The minimum Gasteiger partial charge on any atom is -0.343 e. The van der Waals surface area contributed by atoms with E-state index in [4.69, 9.17) is 0 Å². The summed E-state index contributed by atoms with van der Waals surface area (Å²) >= 11 is 1.54. The molecule has 1 unspecified atom stereocenters. The Kier molecular flexibility index (Phi) is 5.22. The van der Waals surface area contributed by atoms with Crippen molar-refractivity contribution >= 4 is 23.3 Å². The first-order valence-electron chi connectivity index (χ1n) is 6.74. The Morgan fingerprint density at radius 3 is 2.95 bits per heavy atom. The maximum Gasteiger partial charge on any atom is 0.244 e. The molecule has 0 spiro atoms. The van der Waals surface area contributed by atoms with Crippen LogP contribution in [0.5, 0.6) is 0 Å². The summed E-state index contributed by atoms with van der Waals surface area (Å²) in [6.45, 7) is 3.93. The molecule has 3 nitrogen and oxygen atoms in total. The highest BCUT2D eigenvalue weighted by molar-refractivity contribution is 7.09. The Hall–Kier alpha value is -2.01. The maximum atomic E-state index is 13.0. The highest BCUT2D eigenvalue weighted by Crippen LogP contribution is 2.20. The fourth-order valence-corrected chi connectivity index (χ4v) is 2.80. The van der Waals surface area contributed by atoms with Gasteiger partial charge in [0, 0.05) is 17.2 Å². The number of aromatic nitrogens is 1. The third kappa shape index (κ3) is 4.49. The summed E-state index contributed by atoms with van der Waals surface area (Å²) in [6, 6.07) is 6.02. The highest BCUT2D eigenvalue weighted by atomic mass is 32.1. The molecule has 0 aliphatic rings. The van der Waals surface area contributed by atoms with Gasteiger partial charge in [0.15, 0.2) is 0 Å². The normalized spacial score (nSPS) is 12.5. The summed E-state index contributed by atoms with van der Waals surface area (Å²) in [5, 5.41) is 5.78. The van der Waals surface area contributed by atoms with E-state index >= 15 is 0 Å². The van der Waals surface area contributed by atoms with Crippen molar-refractivity contribution in [2.75, 3.05) is 0 Å². The van der Waals surface area contributed by atoms with Crippen LogP contribution >= 0.6 is 11.3 Å². The molecule has 0 aliphatic heterocycles. The van der Waals surface area contributed by atoms with Crippen LogP contribution < -0.4 is 5.32 Å². The summed E-state index contributed by atoms with van der Waals surface area (Å²) in [5.74, 6) is -0.527. The fourth-order valence-electron chi connectivity index (χ4n) is 1.87. The van der Waals surface area contributed by atoms with Crippen LogP contribution in [0, 0.1) is 12.7 Å². The molecule has 1 N–H and O–H groups in total. The lowest BCUT2D eigenvalue weighted by Gasteiger charge is -2.12. The second kappa shape index (κ2) is 7.13. The van der Waals surface area contributed by atoms with Crippen LogP contribution in [-0.2, 0) is 4.79 Å². The number of benzene rings is 1. The molecule has 1 amide bonds. The fraction of sp³-hybridized carbons (Fsp3) is 0.250. The number of nitrogens with zero attached hydrogens (tertiary/aromatic N) is 1. The largest absolute Gasteiger partial charge is 0.343 e. The molecular weight excluding hydrogens is 287 g/mol. The van der Waals surface area contributed by atoms with Crippen molar-refractivity contribution in [3.8, 4) is 0 Å². The number of carbonyl (C=O) groups is 1. The van der Waals surface area contributed by atoms with E-state index in [9.17, 15) is 9.18 Å².